The molecule has 0 aliphatic carbocycles. The normalized spacial score (nSPS) is 35.9. The van der Waals surface area contributed by atoms with E-state index in [-0.39, 0.29) is 49.1 Å². The highest BCUT2D eigenvalue weighted by atomic mass is 16.7. The Morgan fingerprint density at radius 2 is 1.54 bits per heavy atom. The first-order valence-corrected chi connectivity index (χ1v) is 10.8. The zero-order chi connectivity index (χ0) is 20.7. The summed E-state index contributed by atoms with van der Waals surface area (Å²) in [4.78, 5) is 11.2. The van der Waals surface area contributed by atoms with Gasteiger partial charge in [-0.2, -0.15) is 0 Å². The standard InChI is InChI=1S/C21H38O7/c1-6-17(24-13(3)22)8-16(23)9-19-11-21(28-15(5)26-19)12-20-10-18(7-2)25-14(4)27-20/h14-21,23H,6-12H2,1-5H3. The molecule has 28 heavy (non-hydrogen) atoms. The molecule has 0 amide bonds. The molecule has 2 aliphatic heterocycles. The molecule has 0 radical (unpaired) electrons. The number of ether oxygens (including phenoxy) is 5. The summed E-state index contributed by atoms with van der Waals surface area (Å²) in [5, 5.41) is 10.5. The highest BCUT2D eigenvalue weighted by Crippen LogP contribution is 2.30. The lowest BCUT2D eigenvalue weighted by molar-refractivity contribution is -0.266. The monoisotopic (exact) mass is 402 g/mol. The number of hydrogen-bond acceptors (Lipinski definition) is 7. The Hall–Kier alpha value is -0.730. The Balaban J connectivity index is 1.83. The van der Waals surface area contributed by atoms with Crippen molar-refractivity contribution in [3.05, 3.63) is 0 Å². The summed E-state index contributed by atoms with van der Waals surface area (Å²) in [6.07, 6.45) is 3.94. The van der Waals surface area contributed by atoms with Gasteiger partial charge in [0.2, 0.25) is 0 Å². The zero-order valence-corrected chi connectivity index (χ0v) is 18.0. The molecule has 2 fully saturated rings. The molecule has 2 rings (SSSR count). The van der Waals surface area contributed by atoms with Crippen LogP contribution in [0.1, 0.15) is 79.6 Å². The first kappa shape index (κ1) is 23.5. The summed E-state index contributed by atoms with van der Waals surface area (Å²) in [7, 11) is 0. The second kappa shape index (κ2) is 11.5. The van der Waals surface area contributed by atoms with Crippen LogP contribution in [0.5, 0.6) is 0 Å². The van der Waals surface area contributed by atoms with Crippen LogP contribution in [0.25, 0.3) is 0 Å². The summed E-state index contributed by atoms with van der Waals surface area (Å²) in [5.41, 5.74) is 0. The SMILES string of the molecule is CCC(CC(O)CC1CC(CC2CC(CC)OC(C)O2)OC(C)O1)OC(C)=O. The second-order valence-corrected chi connectivity index (χ2v) is 8.05. The van der Waals surface area contributed by atoms with Crippen LogP contribution in [0.2, 0.25) is 0 Å². The number of carbonyl (C=O) groups excluding carboxylic acids is 1. The van der Waals surface area contributed by atoms with Gasteiger partial charge in [-0.05, 0) is 33.1 Å². The maximum Gasteiger partial charge on any atom is 0.302 e. The van der Waals surface area contributed by atoms with E-state index in [9.17, 15) is 9.90 Å². The smallest absolute Gasteiger partial charge is 0.302 e. The Labute approximate surface area is 169 Å². The molecule has 0 spiro atoms. The van der Waals surface area contributed by atoms with E-state index in [4.69, 9.17) is 23.7 Å². The molecular weight excluding hydrogens is 364 g/mol. The van der Waals surface area contributed by atoms with Crippen molar-refractivity contribution < 1.29 is 33.6 Å². The van der Waals surface area contributed by atoms with Crippen molar-refractivity contribution in [1.29, 1.82) is 0 Å². The van der Waals surface area contributed by atoms with Crippen molar-refractivity contribution in [3.63, 3.8) is 0 Å². The van der Waals surface area contributed by atoms with E-state index in [0.29, 0.717) is 19.3 Å². The molecular formula is C21H38O7. The Morgan fingerprint density at radius 1 is 1.00 bits per heavy atom. The average molecular weight is 403 g/mol. The molecule has 7 heteroatoms. The van der Waals surface area contributed by atoms with Crippen LogP contribution >= 0.6 is 0 Å². The fourth-order valence-corrected chi connectivity index (χ4v) is 4.20. The molecule has 8 atom stereocenters. The molecule has 0 bridgehead atoms. The van der Waals surface area contributed by atoms with E-state index in [1.165, 1.54) is 6.92 Å². The predicted octanol–water partition coefficient (Wildman–Crippen LogP) is 3.31. The van der Waals surface area contributed by atoms with Crippen LogP contribution in [0, 0.1) is 0 Å². The average Bonchev–Trinajstić information content (AvgIpc) is 2.59. The predicted molar refractivity (Wildman–Crippen MR) is 104 cm³/mol. The lowest BCUT2D eigenvalue weighted by Crippen LogP contribution is -2.43. The third-order valence-electron chi connectivity index (χ3n) is 5.43. The molecule has 0 saturated carbocycles. The van der Waals surface area contributed by atoms with Crippen LogP contribution < -0.4 is 0 Å². The summed E-state index contributed by atoms with van der Waals surface area (Å²) in [5.74, 6) is -0.314. The molecule has 2 saturated heterocycles. The van der Waals surface area contributed by atoms with Gasteiger partial charge in [0.1, 0.15) is 6.10 Å². The Bertz CT molecular complexity index is 472. The first-order valence-electron chi connectivity index (χ1n) is 10.8. The third-order valence-corrected chi connectivity index (χ3v) is 5.43. The van der Waals surface area contributed by atoms with Crippen LogP contribution in [-0.4, -0.2) is 60.3 Å². The summed E-state index contributed by atoms with van der Waals surface area (Å²) < 4.78 is 28.8. The molecule has 164 valence electrons. The van der Waals surface area contributed by atoms with Gasteiger partial charge in [-0.3, -0.25) is 4.79 Å². The van der Waals surface area contributed by atoms with Crippen molar-refractivity contribution >= 4 is 5.97 Å². The summed E-state index contributed by atoms with van der Waals surface area (Å²) >= 11 is 0. The zero-order valence-electron chi connectivity index (χ0n) is 18.0. The lowest BCUT2D eigenvalue weighted by Gasteiger charge is -2.39. The number of aliphatic hydroxyl groups excluding tert-OH is 1. The lowest BCUT2D eigenvalue weighted by atomic mass is 9.95. The van der Waals surface area contributed by atoms with Crippen molar-refractivity contribution in [2.45, 2.75) is 129 Å². The first-order chi connectivity index (χ1) is 13.3. The number of esters is 1. The van der Waals surface area contributed by atoms with Crippen LogP contribution in [0.4, 0.5) is 0 Å². The van der Waals surface area contributed by atoms with Gasteiger partial charge >= 0.3 is 5.97 Å². The van der Waals surface area contributed by atoms with Gasteiger partial charge in [0, 0.05) is 32.6 Å². The van der Waals surface area contributed by atoms with Crippen molar-refractivity contribution in [3.8, 4) is 0 Å². The Kier molecular flexibility index (Phi) is 9.63. The van der Waals surface area contributed by atoms with E-state index in [1.54, 1.807) is 0 Å². The minimum atomic E-state index is -0.580. The van der Waals surface area contributed by atoms with E-state index < -0.39 is 6.10 Å². The molecule has 0 aromatic rings. The van der Waals surface area contributed by atoms with Crippen molar-refractivity contribution in [2.24, 2.45) is 0 Å². The highest BCUT2D eigenvalue weighted by molar-refractivity contribution is 5.66. The fourth-order valence-electron chi connectivity index (χ4n) is 4.20. The van der Waals surface area contributed by atoms with E-state index >= 15 is 0 Å². The Morgan fingerprint density at radius 3 is 2.07 bits per heavy atom. The van der Waals surface area contributed by atoms with Gasteiger partial charge in [0.25, 0.3) is 0 Å². The van der Waals surface area contributed by atoms with Crippen LogP contribution in [0.3, 0.4) is 0 Å². The minimum Gasteiger partial charge on any atom is -0.462 e. The number of rotatable bonds is 9. The number of hydrogen-bond donors (Lipinski definition) is 1. The largest absolute Gasteiger partial charge is 0.462 e. The maximum atomic E-state index is 11.2. The van der Waals surface area contributed by atoms with Gasteiger partial charge in [0.05, 0.1) is 30.5 Å². The minimum absolute atomic E-state index is 0.0317. The van der Waals surface area contributed by atoms with Gasteiger partial charge in [-0.25, -0.2) is 0 Å². The van der Waals surface area contributed by atoms with Gasteiger partial charge in [0.15, 0.2) is 12.6 Å². The summed E-state index contributed by atoms with van der Waals surface area (Å²) in [6, 6.07) is 0. The number of carbonyl (C=O) groups is 1. The number of aliphatic hydroxyl groups is 1. The summed E-state index contributed by atoms with van der Waals surface area (Å²) in [6.45, 7) is 9.30. The molecule has 8 unspecified atom stereocenters. The molecule has 0 aromatic carbocycles. The maximum absolute atomic E-state index is 11.2. The molecule has 1 N–H and O–H groups in total. The van der Waals surface area contributed by atoms with Crippen LogP contribution in [-0.2, 0) is 28.5 Å². The van der Waals surface area contributed by atoms with Crippen molar-refractivity contribution in [2.75, 3.05) is 0 Å². The van der Waals surface area contributed by atoms with E-state index in [2.05, 4.69) is 6.92 Å². The van der Waals surface area contributed by atoms with Crippen molar-refractivity contribution in [1.82, 2.24) is 0 Å². The molecule has 2 heterocycles. The van der Waals surface area contributed by atoms with Crippen LogP contribution in [0.15, 0.2) is 0 Å². The van der Waals surface area contributed by atoms with Gasteiger partial charge in [-0.1, -0.05) is 13.8 Å². The highest BCUT2D eigenvalue weighted by Gasteiger charge is 2.34. The van der Waals surface area contributed by atoms with E-state index in [0.717, 1.165) is 25.7 Å². The van der Waals surface area contributed by atoms with Gasteiger partial charge in [-0.15, -0.1) is 0 Å². The third kappa shape index (κ3) is 7.95. The molecule has 0 aromatic heterocycles. The quantitative estimate of drug-likeness (QED) is 0.592. The molecule has 7 nitrogen and oxygen atoms in total. The van der Waals surface area contributed by atoms with Gasteiger partial charge < -0.3 is 28.8 Å². The second-order valence-electron chi connectivity index (χ2n) is 8.05. The van der Waals surface area contributed by atoms with E-state index in [1.807, 2.05) is 20.8 Å². The topological polar surface area (TPSA) is 83.5 Å². The fraction of sp³-hybridized carbons (Fsp3) is 0.952. The molecule has 2 aliphatic rings.